The fourth-order valence-corrected chi connectivity index (χ4v) is 3.87. The van der Waals surface area contributed by atoms with Crippen molar-refractivity contribution in [3.8, 4) is 5.69 Å². The number of halogens is 1. The van der Waals surface area contributed by atoms with Gasteiger partial charge in [0.15, 0.2) is 10.5 Å². The van der Waals surface area contributed by atoms with Gasteiger partial charge < -0.3 is 9.88 Å². The van der Waals surface area contributed by atoms with Crippen molar-refractivity contribution in [3.63, 3.8) is 0 Å². The van der Waals surface area contributed by atoms with Gasteiger partial charge in [0.1, 0.15) is 0 Å². The van der Waals surface area contributed by atoms with Gasteiger partial charge in [-0.15, -0.1) is 0 Å². The van der Waals surface area contributed by atoms with E-state index in [0.717, 1.165) is 18.0 Å². The Hall–Kier alpha value is -3.53. The van der Waals surface area contributed by atoms with Crippen molar-refractivity contribution >= 4 is 38.4 Å². The molecule has 0 aliphatic heterocycles. The van der Waals surface area contributed by atoms with Gasteiger partial charge in [0, 0.05) is 40.6 Å². The molecular weight excluding hydrogens is 452 g/mol. The second-order valence-corrected chi connectivity index (χ2v) is 8.91. The zero-order valence-corrected chi connectivity index (χ0v) is 18.1. The number of amides is 1. The van der Waals surface area contributed by atoms with Gasteiger partial charge in [0.2, 0.25) is 0 Å². The Kier molecular flexibility index (Phi) is 5.79. The Labute approximate surface area is 188 Å². The Balaban J connectivity index is 1.68. The first-order valence-corrected chi connectivity index (χ1v) is 11.3. The third-order valence-corrected chi connectivity index (χ3v) is 5.86. The molecule has 8 nitrogen and oxygen atoms in total. The van der Waals surface area contributed by atoms with E-state index in [1.165, 1.54) is 6.07 Å². The Morgan fingerprint density at radius 1 is 1.09 bits per heavy atom. The van der Waals surface area contributed by atoms with Crippen molar-refractivity contribution in [2.24, 2.45) is 5.14 Å². The van der Waals surface area contributed by atoms with Gasteiger partial charge in [-0.05, 0) is 42.5 Å². The third-order valence-electron chi connectivity index (χ3n) is 4.80. The van der Waals surface area contributed by atoms with E-state index in [1.54, 1.807) is 24.4 Å². The summed E-state index contributed by atoms with van der Waals surface area (Å²) >= 11 is 6.16. The van der Waals surface area contributed by atoms with Crippen molar-refractivity contribution in [1.29, 1.82) is 0 Å². The molecule has 162 valence electrons. The highest BCUT2D eigenvalue weighted by Gasteiger charge is 2.14. The van der Waals surface area contributed by atoms with Crippen LogP contribution in [0.4, 0.5) is 0 Å². The fourth-order valence-electron chi connectivity index (χ4n) is 3.24. The van der Waals surface area contributed by atoms with Crippen LogP contribution in [0, 0.1) is 0 Å². The van der Waals surface area contributed by atoms with Crippen LogP contribution in [-0.2, 0) is 16.6 Å². The van der Waals surface area contributed by atoms with Crippen molar-refractivity contribution in [2.45, 2.75) is 11.6 Å². The number of hydrogen-bond acceptors (Lipinski definition) is 5. The summed E-state index contributed by atoms with van der Waals surface area (Å²) in [6.07, 6.45) is 2.78. The molecule has 0 unspecified atom stereocenters. The van der Waals surface area contributed by atoms with Gasteiger partial charge in [0.05, 0.1) is 11.1 Å². The largest absolute Gasteiger partial charge is 0.348 e. The highest BCUT2D eigenvalue weighted by molar-refractivity contribution is 7.89. The van der Waals surface area contributed by atoms with Gasteiger partial charge in [-0.1, -0.05) is 29.8 Å². The molecule has 0 saturated carbocycles. The number of pyridine rings is 2. The van der Waals surface area contributed by atoms with Gasteiger partial charge in [0.25, 0.3) is 15.9 Å². The lowest BCUT2D eigenvalue weighted by molar-refractivity contribution is 0.0950. The van der Waals surface area contributed by atoms with E-state index in [2.05, 4.69) is 10.3 Å². The molecule has 2 aromatic heterocycles. The van der Waals surface area contributed by atoms with E-state index in [0.29, 0.717) is 21.5 Å². The van der Waals surface area contributed by atoms with Gasteiger partial charge in [-0.25, -0.2) is 18.5 Å². The summed E-state index contributed by atoms with van der Waals surface area (Å²) in [6, 6.07) is 16.9. The summed E-state index contributed by atoms with van der Waals surface area (Å²) in [4.78, 5) is 29.2. The van der Waals surface area contributed by atoms with Crippen molar-refractivity contribution < 1.29 is 13.2 Å². The number of benzene rings is 2. The zero-order chi connectivity index (χ0) is 22.9. The molecule has 0 aliphatic carbocycles. The number of carbonyl (C=O) groups excluding carboxylic acids is 1. The lowest BCUT2D eigenvalue weighted by atomic mass is 10.1. The quantitative estimate of drug-likeness (QED) is 0.466. The smallest absolute Gasteiger partial charge is 0.255 e. The van der Waals surface area contributed by atoms with Gasteiger partial charge in [-0.3, -0.25) is 9.59 Å². The summed E-state index contributed by atoms with van der Waals surface area (Å²) in [5.74, 6) is -0.514. The number of nitrogens with one attached hydrogen (secondary N) is 1. The highest BCUT2D eigenvalue weighted by atomic mass is 35.5. The number of primary sulfonamides is 1. The Morgan fingerprint density at radius 2 is 1.84 bits per heavy atom. The molecule has 4 aromatic rings. The first-order chi connectivity index (χ1) is 15.2. The van der Waals surface area contributed by atoms with E-state index < -0.39 is 15.9 Å². The van der Waals surface area contributed by atoms with Crippen molar-refractivity contribution in [3.05, 3.63) is 99.4 Å². The molecule has 3 N–H and O–H groups in total. The monoisotopic (exact) mass is 468 g/mol. The lowest BCUT2D eigenvalue weighted by Gasteiger charge is -2.14. The summed E-state index contributed by atoms with van der Waals surface area (Å²) < 4.78 is 24.5. The summed E-state index contributed by atoms with van der Waals surface area (Å²) in [6.45, 7) is -0.0417. The molecule has 0 spiro atoms. The molecule has 0 aliphatic rings. The van der Waals surface area contributed by atoms with Crippen LogP contribution in [0.5, 0.6) is 0 Å². The predicted octanol–water partition coefficient (Wildman–Crippen LogP) is 2.62. The maximum atomic E-state index is 13.0. The normalized spacial score (nSPS) is 11.4. The van der Waals surface area contributed by atoms with Crippen LogP contribution in [0.3, 0.4) is 0 Å². The standard InChI is InChI=1S/C22H17ClN4O4S/c23-16-7-8-18-19(10-16)27(17-4-2-1-3-5-17)13-15(21(18)28)12-26-22(29)14-6-9-20(25-11-14)32(24,30)31/h1-11,13H,12H2,(H,26,29)(H2,24,30,31). The van der Waals surface area contributed by atoms with Crippen LogP contribution in [0.2, 0.25) is 5.02 Å². The number of nitrogens with two attached hydrogens (primary N) is 1. The molecule has 0 bridgehead atoms. The number of carbonyl (C=O) groups is 1. The number of hydrogen-bond donors (Lipinski definition) is 2. The topological polar surface area (TPSA) is 124 Å². The summed E-state index contributed by atoms with van der Waals surface area (Å²) in [5.41, 5.74) is 1.74. The fraction of sp³-hybridized carbons (Fsp3) is 0.0455. The second-order valence-electron chi connectivity index (χ2n) is 6.96. The lowest BCUT2D eigenvalue weighted by Crippen LogP contribution is -2.27. The zero-order valence-electron chi connectivity index (χ0n) is 16.5. The molecule has 10 heteroatoms. The average Bonchev–Trinajstić information content (AvgIpc) is 2.78. The Bertz CT molecular complexity index is 1480. The number of nitrogens with zero attached hydrogens (tertiary/aromatic N) is 2. The second kappa shape index (κ2) is 8.54. The minimum Gasteiger partial charge on any atom is -0.348 e. The van der Waals surface area contributed by atoms with Crippen LogP contribution < -0.4 is 15.9 Å². The number of para-hydroxylation sites is 1. The Morgan fingerprint density at radius 3 is 2.50 bits per heavy atom. The van der Waals surface area contributed by atoms with Crippen LogP contribution in [0.25, 0.3) is 16.6 Å². The predicted molar refractivity (Wildman–Crippen MR) is 121 cm³/mol. The molecule has 0 fully saturated rings. The van der Waals surface area contributed by atoms with Crippen LogP contribution in [0.15, 0.2) is 82.9 Å². The first-order valence-electron chi connectivity index (χ1n) is 9.40. The number of fused-ring (bicyclic) bond motifs is 1. The summed E-state index contributed by atoms with van der Waals surface area (Å²) in [5, 5.41) is 8.31. The van der Waals surface area contributed by atoms with Crippen LogP contribution >= 0.6 is 11.6 Å². The maximum Gasteiger partial charge on any atom is 0.255 e. The third kappa shape index (κ3) is 4.40. The molecular formula is C22H17ClN4O4S. The molecule has 0 radical (unpaired) electrons. The number of sulfonamides is 1. The number of aromatic nitrogens is 2. The molecule has 2 aromatic carbocycles. The van der Waals surface area contributed by atoms with E-state index in [4.69, 9.17) is 16.7 Å². The number of rotatable bonds is 5. The molecule has 2 heterocycles. The molecule has 1 amide bonds. The van der Waals surface area contributed by atoms with Crippen LogP contribution in [-0.4, -0.2) is 23.9 Å². The van der Waals surface area contributed by atoms with Crippen LogP contribution in [0.1, 0.15) is 15.9 Å². The highest BCUT2D eigenvalue weighted by Crippen LogP contribution is 2.21. The first kappa shape index (κ1) is 21.7. The van der Waals surface area contributed by atoms with E-state index in [1.807, 2.05) is 34.9 Å². The molecule has 0 atom stereocenters. The van der Waals surface area contributed by atoms with Crippen molar-refractivity contribution in [1.82, 2.24) is 14.9 Å². The SMILES string of the molecule is NS(=O)(=O)c1ccc(C(=O)NCc2cn(-c3ccccc3)c3cc(Cl)ccc3c2=O)cn1. The maximum absolute atomic E-state index is 13.0. The average molecular weight is 469 g/mol. The molecule has 32 heavy (non-hydrogen) atoms. The summed E-state index contributed by atoms with van der Waals surface area (Å²) in [7, 11) is -3.96. The van der Waals surface area contributed by atoms with Crippen molar-refractivity contribution in [2.75, 3.05) is 0 Å². The minimum atomic E-state index is -3.96. The van der Waals surface area contributed by atoms with E-state index in [9.17, 15) is 18.0 Å². The minimum absolute atomic E-state index is 0.0417. The van der Waals surface area contributed by atoms with E-state index >= 15 is 0 Å². The molecule has 0 saturated heterocycles. The van der Waals surface area contributed by atoms with E-state index in [-0.39, 0.29) is 22.6 Å². The van der Waals surface area contributed by atoms with Gasteiger partial charge >= 0.3 is 0 Å². The molecule has 4 rings (SSSR count). The van der Waals surface area contributed by atoms with Gasteiger partial charge in [-0.2, -0.15) is 0 Å².